The Balaban J connectivity index is 1.25. The lowest BCUT2D eigenvalue weighted by Crippen LogP contribution is -2.41. The summed E-state index contributed by atoms with van der Waals surface area (Å²) in [6.45, 7) is 6.67. The quantitative estimate of drug-likeness (QED) is 0.213. The highest BCUT2D eigenvalue weighted by Crippen LogP contribution is 2.31. The summed E-state index contributed by atoms with van der Waals surface area (Å²) in [6.07, 6.45) is 4.99. The predicted octanol–water partition coefficient (Wildman–Crippen LogP) is 6.11. The maximum Gasteiger partial charge on any atom is 0.347 e. The molecule has 1 saturated heterocycles. The second-order valence-corrected chi connectivity index (χ2v) is 10.6. The summed E-state index contributed by atoms with van der Waals surface area (Å²) < 4.78 is 31.1. The van der Waals surface area contributed by atoms with E-state index in [1.54, 1.807) is 30.6 Å². The largest absolute Gasteiger partial charge is 0.490 e. The second-order valence-electron chi connectivity index (χ2n) is 10.6. The number of aromatic nitrogens is 3. The van der Waals surface area contributed by atoms with Crippen LogP contribution in [0, 0.1) is 5.82 Å². The molecule has 1 atom stereocenters. The molecular weight excluding hydrogens is 553 g/mol. The number of hydrogen-bond donors (Lipinski definition) is 2. The maximum absolute atomic E-state index is 13.7. The van der Waals surface area contributed by atoms with Gasteiger partial charge in [0.15, 0.2) is 22.9 Å². The number of pyridine rings is 1. The Morgan fingerprint density at radius 2 is 1.88 bits per heavy atom. The Kier molecular flexibility index (Phi) is 8.89. The van der Waals surface area contributed by atoms with E-state index in [1.165, 1.54) is 26.0 Å². The Morgan fingerprint density at radius 1 is 1.07 bits per heavy atom. The van der Waals surface area contributed by atoms with Crippen LogP contribution in [0.2, 0.25) is 0 Å². The average molecular weight is 588 g/mol. The molecule has 0 bridgehead atoms. The van der Waals surface area contributed by atoms with Crippen LogP contribution in [-0.2, 0) is 4.79 Å². The molecule has 1 aliphatic heterocycles. The van der Waals surface area contributed by atoms with Gasteiger partial charge in [0.05, 0.1) is 31.2 Å². The lowest BCUT2D eigenvalue weighted by Gasteiger charge is -2.33. The minimum Gasteiger partial charge on any atom is -0.490 e. The molecule has 10 nitrogen and oxygen atoms in total. The van der Waals surface area contributed by atoms with Gasteiger partial charge in [0.25, 0.3) is 0 Å². The first kappa shape index (κ1) is 29.6. The Labute approximate surface area is 249 Å². The number of nitrogens with zero attached hydrogens (tertiary/aromatic N) is 4. The zero-order valence-electron chi connectivity index (χ0n) is 24.3. The van der Waals surface area contributed by atoms with Crippen LogP contribution >= 0.6 is 0 Å². The van der Waals surface area contributed by atoms with Crippen molar-refractivity contribution in [2.45, 2.75) is 45.3 Å². The van der Waals surface area contributed by atoms with Crippen LogP contribution in [0.1, 0.15) is 33.6 Å². The number of hydrogen-bond acceptors (Lipinski definition) is 9. The van der Waals surface area contributed by atoms with Gasteiger partial charge in [0, 0.05) is 18.2 Å². The topological polar surface area (TPSA) is 119 Å². The summed E-state index contributed by atoms with van der Waals surface area (Å²) in [7, 11) is 0. The van der Waals surface area contributed by atoms with Crippen LogP contribution in [0.25, 0.3) is 11.3 Å². The molecule has 1 aliphatic rings. The number of carboxylic acid groups (broad SMARTS) is 1. The number of nitrogens with one attached hydrogen (secondary N) is 1. The summed E-state index contributed by atoms with van der Waals surface area (Å²) in [4.78, 5) is 27.4. The SMILES string of the molecule is CCOc1cc(F)ccc1OC1CCCN(c2cncc(Nc3cccc(-c4ccc(OC(C)(C)C(=O)O)cc4)n3)n2)C1. The summed E-state index contributed by atoms with van der Waals surface area (Å²) in [5, 5.41) is 12.5. The number of rotatable bonds is 11. The Morgan fingerprint density at radius 3 is 2.65 bits per heavy atom. The molecule has 3 heterocycles. The van der Waals surface area contributed by atoms with E-state index >= 15 is 0 Å². The normalized spacial score (nSPS) is 15.1. The molecule has 2 aromatic carbocycles. The summed E-state index contributed by atoms with van der Waals surface area (Å²) >= 11 is 0. The van der Waals surface area contributed by atoms with Crippen LogP contribution in [0.15, 0.2) is 73.1 Å². The fraction of sp³-hybridized carbons (Fsp3) is 0.312. The van der Waals surface area contributed by atoms with Gasteiger partial charge >= 0.3 is 5.97 Å². The standard InChI is InChI=1S/C32H34FN5O5/c1-4-41-27-17-22(33)12-15-26(27)42-24-7-6-16-38(20-24)30-19-34-18-29(37-30)36-28-9-5-8-25(35-28)21-10-13-23(14-11-21)43-32(2,3)31(39)40/h5,8-15,17-19,24H,4,6-7,16,20H2,1-3H3,(H,39,40)(H,35,36,37). The van der Waals surface area contributed by atoms with Gasteiger partial charge in [-0.3, -0.25) is 4.98 Å². The van der Waals surface area contributed by atoms with E-state index in [0.717, 1.165) is 30.6 Å². The summed E-state index contributed by atoms with van der Waals surface area (Å²) in [5.41, 5.74) is 0.232. The highest BCUT2D eigenvalue weighted by atomic mass is 19.1. The lowest BCUT2D eigenvalue weighted by atomic mass is 10.1. The van der Waals surface area contributed by atoms with E-state index in [1.807, 2.05) is 37.3 Å². The Hall–Kier alpha value is -4.93. The molecule has 5 rings (SSSR count). The van der Waals surface area contributed by atoms with Crippen LogP contribution < -0.4 is 24.4 Å². The van der Waals surface area contributed by atoms with E-state index in [2.05, 4.69) is 15.2 Å². The van der Waals surface area contributed by atoms with E-state index < -0.39 is 11.6 Å². The average Bonchev–Trinajstić information content (AvgIpc) is 2.99. The molecule has 0 spiro atoms. The maximum atomic E-state index is 13.7. The smallest absolute Gasteiger partial charge is 0.347 e. The molecule has 4 aromatic rings. The van der Waals surface area contributed by atoms with Crippen molar-refractivity contribution in [2.24, 2.45) is 0 Å². The first-order chi connectivity index (χ1) is 20.7. The predicted molar refractivity (Wildman–Crippen MR) is 161 cm³/mol. The zero-order valence-corrected chi connectivity index (χ0v) is 24.3. The van der Waals surface area contributed by atoms with Crippen LogP contribution in [-0.4, -0.2) is 57.4 Å². The molecular formula is C32H34FN5O5. The van der Waals surface area contributed by atoms with Gasteiger partial charge < -0.3 is 29.5 Å². The van der Waals surface area contributed by atoms with Gasteiger partial charge in [-0.05, 0) is 82.1 Å². The molecule has 1 unspecified atom stereocenters. The fourth-order valence-electron chi connectivity index (χ4n) is 4.67. The minimum absolute atomic E-state index is 0.123. The number of aliphatic carboxylic acids is 1. The fourth-order valence-corrected chi connectivity index (χ4v) is 4.67. The minimum atomic E-state index is -1.34. The number of carboxylic acids is 1. The monoisotopic (exact) mass is 587 g/mol. The van der Waals surface area contributed by atoms with E-state index in [0.29, 0.717) is 47.9 Å². The number of piperidine rings is 1. The van der Waals surface area contributed by atoms with Crippen molar-refractivity contribution in [1.29, 1.82) is 0 Å². The number of halogens is 1. The molecule has 11 heteroatoms. The van der Waals surface area contributed by atoms with Crippen molar-refractivity contribution in [3.05, 3.63) is 78.9 Å². The van der Waals surface area contributed by atoms with Crippen LogP contribution in [0.3, 0.4) is 0 Å². The molecule has 0 saturated carbocycles. The van der Waals surface area contributed by atoms with Crippen LogP contribution in [0.4, 0.5) is 21.8 Å². The number of carbonyl (C=O) groups is 1. The van der Waals surface area contributed by atoms with Crippen molar-refractivity contribution in [3.63, 3.8) is 0 Å². The van der Waals surface area contributed by atoms with Crippen LogP contribution in [0.5, 0.6) is 17.2 Å². The van der Waals surface area contributed by atoms with E-state index in [4.69, 9.17) is 24.2 Å². The molecule has 0 amide bonds. The number of anilines is 3. The van der Waals surface area contributed by atoms with Gasteiger partial charge in [0.2, 0.25) is 0 Å². The first-order valence-corrected chi connectivity index (χ1v) is 14.1. The van der Waals surface area contributed by atoms with Crippen molar-refractivity contribution in [3.8, 4) is 28.5 Å². The highest BCUT2D eigenvalue weighted by Gasteiger charge is 2.29. The van der Waals surface area contributed by atoms with Gasteiger partial charge in [-0.25, -0.2) is 19.2 Å². The lowest BCUT2D eigenvalue weighted by molar-refractivity contribution is -0.152. The highest BCUT2D eigenvalue weighted by molar-refractivity contribution is 5.76. The van der Waals surface area contributed by atoms with Crippen molar-refractivity contribution in [1.82, 2.24) is 15.0 Å². The third kappa shape index (κ3) is 7.48. The summed E-state index contributed by atoms with van der Waals surface area (Å²) in [6, 6.07) is 17.0. The van der Waals surface area contributed by atoms with E-state index in [9.17, 15) is 14.3 Å². The molecule has 2 N–H and O–H groups in total. The molecule has 0 radical (unpaired) electrons. The molecule has 2 aromatic heterocycles. The van der Waals surface area contributed by atoms with Crippen molar-refractivity contribution < 1.29 is 28.5 Å². The van der Waals surface area contributed by atoms with Crippen molar-refractivity contribution in [2.75, 3.05) is 29.9 Å². The van der Waals surface area contributed by atoms with Gasteiger partial charge in [-0.15, -0.1) is 0 Å². The van der Waals surface area contributed by atoms with E-state index in [-0.39, 0.29) is 11.9 Å². The zero-order chi connectivity index (χ0) is 30.4. The number of ether oxygens (including phenoxy) is 3. The third-order valence-corrected chi connectivity index (χ3v) is 6.87. The molecule has 43 heavy (non-hydrogen) atoms. The molecule has 0 aliphatic carbocycles. The second kappa shape index (κ2) is 12.9. The van der Waals surface area contributed by atoms with Gasteiger partial charge in [-0.1, -0.05) is 6.07 Å². The van der Waals surface area contributed by atoms with Crippen molar-refractivity contribution >= 4 is 23.4 Å². The van der Waals surface area contributed by atoms with Gasteiger partial charge in [-0.2, -0.15) is 0 Å². The number of benzene rings is 2. The summed E-state index contributed by atoms with van der Waals surface area (Å²) in [5.74, 6) is 1.80. The first-order valence-electron chi connectivity index (χ1n) is 14.1. The molecule has 1 fully saturated rings. The Bertz CT molecular complexity index is 1570. The van der Waals surface area contributed by atoms with Gasteiger partial charge in [0.1, 0.15) is 29.3 Å². The molecule has 224 valence electrons. The third-order valence-electron chi connectivity index (χ3n) is 6.87.